The molecule has 0 bridgehead atoms. The van der Waals surface area contributed by atoms with Crippen molar-refractivity contribution in [1.29, 1.82) is 0 Å². The van der Waals surface area contributed by atoms with Gasteiger partial charge in [0.1, 0.15) is 0 Å². The largest absolute Gasteiger partial charge is 0.379 e. The first-order valence-electron chi connectivity index (χ1n) is 7.45. The third-order valence-corrected chi connectivity index (χ3v) is 4.34. The molecular formula is C16H23N3O. The normalized spacial score (nSPS) is 23.4. The zero-order valence-corrected chi connectivity index (χ0v) is 12.5. The van der Waals surface area contributed by atoms with Gasteiger partial charge in [0.25, 0.3) is 0 Å². The molecule has 1 N–H and O–H groups in total. The molecule has 0 aliphatic carbocycles. The molecule has 1 aliphatic heterocycles. The van der Waals surface area contributed by atoms with Crippen molar-refractivity contribution in [3.05, 3.63) is 29.6 Å². The number of nitrogens with one attached hydrogen (secondary N) is 1. The van der Waals surface area contributed by atoms with Crippen LogP contribution in [0.5, 0.6) is 0 Å². The molecule has 0 saturated carbocycles. The van der Waals surface area contributed by atoms with Crippen molar-refractivity contribution < 1.29 is 4.74 Å². The maximum Gasteiger partial charge on any atom is 0.0962 e. The van der Waals surface area contributed by atoms with Crippen molar-refractivity contribution in [1.82, 2.24) is 14.9 Å². The number of ether oxygens (including phenoxy) is 1. The van der Waals surface area contributed by atoms with Crippen LogP contribution in [0.4, 0.5) is 0 Å². The van der Waals surface area contributed by atoms with E-state index in [2.05, 4.69) is 47.8 Å². The highest BCUT2D eigenvalue weighted by molar-refractivity contribution is 5.77. The number of hydrogen-bond donors (Lipinski definition) is 1. The number of nitrogens with zero attached hydrogens (tertiary/aromatic N) is 2. The number of likely N-dealkylation sites (N-methyl/N-ethyl adjacent to an activating group) is 1. The van der Waals surface area contributed by atoms with Crippen LogP contribution < -0.4 is 5.32 Å². The van der Waals surface area contributed by atoms with E-state index >= 15 is 0 Å². The molecule has 4 heteroatoms. The molecule has 2 atom stereocenters. The van der Waals surface area contributed by atoms with Crippen molar-refractivity contribution in [2.24, 2.45) is 0 Å². The first-order chi connectivity index (χ1) is 9.70. The quantitative estimate of drug-likeness (QED) is 0.934. The Morgan fingerprint density at radius 3 is 2.95 bits per heavy atom. The summed E-state index contributed by atoms with van der Waals surface area (Å²) in [5.74, 6) is 0. The number of aromatic nitrogens is 2. The SMILES string of the molecule is CCNC1CCOCC1n1cnc2cc(C)c(C)cc21. The summed E-state index contributed by atoms with van der Waals surface area (Å²) in [6, 6.07) is 5.21. The van der Waals surface area contributed by atoms with Crippen LogP contribution in [0.25, 0.3) is 11.0 Å². The minimum absolute atomic E-state index is 0.329. The van der Waals surface area contributed by atoms with E-state index in [0.717, 1.165) is 31.7 Å². The molecule has 0 radical (unpaired) electrons. The van der Waals surface area contributed by atoms with Gasteiger partial charge in [0, 0.05) is 12.6 Å². The fourth-order valence-electron chi connectivity index (χ4n) is 3.04. The summed E-state index contributed by atoms with van der Waals surface area (Å²) in [4.78, 5) is 4.57. The number of benzene rings is 1. The van der Waals surface area contributed by atoms with E-state index < -0.39 is 0 Å². The van der Waals surface area contributed by atoms with E-state index in [9.17, 15) is 0 Å². The van der Waals surface area contributed by atoms with Crippen LogP contribution in [-0.2, 0) is 4.74 Å². The summed E-state index contributed by atoms with van der Waals surface area (Å²) in [6.07, 6.45) is 3.02. The Kier molecular flexibility index (Phi) is 3.76. The summed E-state index contributed by atoms with van der Waals surface area (Å²) in [6.45, 7) is 9.05. The van der Waals surface area contributed by atoms with Gasteiger partial charge in [-0.15, -0.1) is 0 Å². The molecule has 3 rings (SSSR count). The molecule has 2 unspecified atom stereocenters. The molecule has 20 heavy (non-hydrogen) atoms. The lowest BCUT2D eigenvalue weighted by Gasteiger charge is -2.33. The van der Waals surface area contributed by atoms with E-state index in [0.29, 0.717) is 12.1 Å². The lowest BCUT2D eigenvalue weighted by atomic mass is 10.0. The minimum Gasteiger partial charge on any atom is -0.379 e. The Hall–Kier alpha value is -1.39. The van der Waals surface area contributed by atoms with Crippen LogP contribution in [-0.4, -0.2) is 35.4 Å². The van der Waals surface area contributed by atoms with Gasteiger partial charge in [0.15, 0.2) is 0 Å². The average Bonchev–Trinajstić information content (AvgIpc) is 2.83. The highest BCUT2D eigenvalue weighted by atomic mass is 16.5. The average molecular weight is 273 g/mol. The molecule has 2 aromatic rings. The molecule has 108 valence electrons. The van der Waals surface area contributed by atoms with Crippen LogP contribution in [0.2, 0.25) is 0 Å². The van der Waals surface area contributed by atoms with E-state index in [4.69, 9.17) is 4.74 Å². The fourth-order valence-corrected chi connectivity index (χ4v) is 3.04. The topological polar surface area (TPSA) is 39.1 Å². The number of rotatable bonds is 3. The number of imidazole rings is 1. The zero-order valence-electron chi connectivity index (χ0n) is 12.5. The van der Waals surface area contributed by atoms with Gasteiger partial charge in [0.2, 0.25) is 0 Å². The van der Waals surface area contributed by atoms with Crippen LogP contribution >= 0.6 is 0 Å². The van der Waals surface area contributed by atoms with E-state index in [1.165, 1.54) is 16.6 Å². The Balaban J connectivity index is 2.01. The smallest absolute Gasteiger partial charge is 0.0962 e. The van der Waals surface area contributed by atoms with Crippen LogP contribution in [0.15, 0.2) is 18.5 Å². The summed E-state index contributed by atoms with van der Waals surface area (Å²) in [7, 11) is 0. The molecule has 4 nitrogen and oxygen atoms in total. The number of hydrogen-bond acceptors (Lipinski definition) is 3. The van der Waals surface area contributed by atoms with Crippen LogP contribution in [0.3, 0.4) is 0 Å². The second-order valence-electron chi connectivity index (χ2n) is 5.67. The summed E-state index contributed by atoms with van der Waals surface area (Å²) in [5, 5.41) is 3.58. The lowest BCUT2D eigenvalue weighted by Crippen LogP contribution is -2.43. The molecule has 0 amide bonds. The maximum absolute atomic E-state index is 5.70. The number of aryl methyl sites for hydroxylation is 2. The predicted molar refractivity (Wildman–Crippen MR) is 81.1 cm³/mol. The second kappa shape index (κ2) is 5.54. The third kappa shape index (κ3) is 2.34. The van der Waals surface area contributed by atoms with E-state index in [1.54, 1.807) is 0 Å². The minimum atomic E-state index is 0.329. The molecule has 1 aromatic carbocycles. The molecule has 0 spiro atoms. The van der Waals surface area contributed by atoms with Gasteiger partial charge in [0.05, 0.1) is 30.0 Å². The zero-order chi connectivity index (χ0) is 14.1. The predicted octanol–water partition coefficient (Wildman–Crippen LogP) is 2.59. The molecule has 1 aliphatic rings. The Labute approximate surface area is 120 Å². The van der Waals surface area contributed by atoms with E-state index in [-0.39, 0.29) is 0 Å². The maximum atomic E-state index is 5.70. The van der Waals surface area contributed by atoms with Gasteiger partial charge in [-0.1, -0.05) is 6.92 Å². The highest BCUT2D eigenvalue weighted by Gasteiger charge is 2.27. The van der Waals surface area contributed by atoms with Gasteiger partial charge in [-0.2, -0.15) is 0 Å². The molecule has 2 heterocycles. The summed E-state index contributed by atoms with van der Waals surface area (Å²) < 4.78 is 7.98. The van der Waals surface area contributed by atoms with E-state index in [1.807, 2.05) is 6.33 Å². The Morgan fingerprint density at radius 2 is 2.15 bits per heavy atom. The second-order valence-corrected chi connectivity index (χ2v) is 5.67. The van der Waals surface area contributed by atoms with Crippen molar-refractivity contribution in [3.8, 4) is 0 Å². The summed E-state index contributed by atoms with van der Waals surface area (Å²) >= 11 is 0. The van der Waals surface area contributed by atoms with Gasteiger partial charge >= 0.3 is 0 Å². The highest BCUT2D eigenvalue weighted by Crippen LogP contribution is 2.26. The molecule has 1 aromatic heterocycles. The third-order valence-electron chi connectivity index (χ3n) is 4.34. The van der Waals surface area contributed by atoms with Crippen LogP contribution in [0.1, 0.15) is 30.5 Å². The van der Waals surface area contributed by atoms with Gasteiger partial charge in [-0.05, 0) is 50.1 Å². The van der Waals surface area contributed by atoms with Crippen molar-refractivity contribution in [2.45, 2.75) is 39.3 Å². The molecule has 1 saturated heterocycles. The van der Waals surface area contributed by atoms with Crippen molar-refractivity contribution >= 4 is 11.0 Å². The van der Waals surface area contributed by atoms with Gasteiger partial charge < -0.3 is 14.6 Å². The van der Waals surface area contributed by atoms with Crippen molar-refractivity contribution in [3.63, 3.8) is 0 Å². The van der Waals surface area contributed by atoms with Crippen LogP contribution in [0, 0.1) is 13.8 Å². The number of fused-ring (bicyclic) bond motifs is 1. The molecular weight excluding hydrogens is 250 g/mol. The Morgan fingerprint density at radius 1 is 1.35 bits per heavy atom. The van der Waals surface area contributed by atoms with Gasteiger partial charge in [-0.25, -0.2) is 4.98 Å². The Bertz CT molecular complexity index is 603. The van der Waals surface area contributed by atoms with Crippen molar-refractivity contribution in [2.75, 3.05) is 19.8 Å². The van der Waals surface area contributed by atoms with Gasteiger partial charge in [-0.3, -0.25) is 0 Å². The standard InChI is InChI=1S/C16H23N3O/c1-4-17-13-5-6-20-9-16(13)19-10-18-14-7-11(2)12(3)8-15(14)19/h7-8,10,13,16-17H,4-6,9H2,1-3H3. The molecule has 1 fully saturated rings. The fraction of sp³-hybridized carbons (Fsp3) is 0.562. The lowest BCUT2D eigenvalue weighted by molar-refractivity contribution is 0.0388. The monoisotopic (exact) mass is 273 g/mol. The first kappa shape index (κ1) is 13.6. The first-order valence-corrected chi connectivity index (χ1v) is 7.45. The summed E-state index contributed by atoms with van der Waals surface area (Å²) in [5.41, 5.74) is 4.90.